The molecule has 2 rings (SSSR count). The molecule has 1 aromatic rings. The number of piperidine rings is 1. The van der Waals surface area contributed by atoms with Crippen LogP contribution in [0.3, 0.4) is 0 Å². The second-order valence-corrected chi connectivity index (χ2v) is 5.78. The lowest BCUT2D eigenvalue weighted by Gasteiger charge is -2.32. The van der Waals surface area contributed by atoms with E-state index >= 15 is 0 Å². The maximum absolute atomic E-state index is 13.4. The molecule has 1 aromatic carbocycles. The molecule has 6 heteroatoms. The normalized spacial score (nSPS) is 18.1. The van der Waals surface area contributed by atoms with Crippen LogP contribution in [0, 0.1) is 0 Å². The molecular formula is C14H16BrF2NO2. The molecular weight excluding hydrogens is 332 g/mol. The van der Waals surface area contributed by atoms with Gasteiger partial charge in [-0.25, -0.2) is 8.78 Å². The van der Waals surface area contributed by atoms with Crippen molar-refractivity contribution in [2.75, 3.05) is 20.2 Å². The van der Waals surface area contributed by atoms with Gasteiger partial charge in [0.2, 0.25) is 0 Å². The van der Waals surface area contributed by atoms with Crippen molar-refractivity contribution in [3.63, 3.8) is 0 Å². The molecule has 1 aliphatic rings. The topological polar surface area (TPSA) is 29.5 Å². The van der Waals surface area contributed by atoms with Crippen LogP contribution in [0.5, 0.6) is 0 Å². The lowest BCUT2D eigenvalue weighted by molar-refractivity contribution is -0.0560. The molecule has 1 heterocycles. The Bertz CT molecular complexity index is 508. The molecule has 0 bridgehead atoms. The monoisotopic (exact) mass is 347 g/mol. The van der Waals surface area contributed by atoms with E-state index in [9.17, 15) is 13.6 Å². The quantitative estimate of drug-likeness (QED) is 0.837. The van der Waals surface area contributed by atoms with Gasteiger partial charge in [-0.1, -0.05) is 15.9 Å². The molecule has 1 aliphatic heterocycles. The Kier molecular flexibility index (Phi) is 4.75. The number of rotatable bonds is 3. The molecule has 0 atom stereocenters. The smallest absolute Gasteiger partial charge is 0.265 e. The van der Waals surface area contributed by atoms with Crippen molar-refractivity contribution >= 4 is 21.8 Å². The summed E-state index contributed by atoms with van der Waals surface area (Å²) in [6.45, 7) is 0.240. The highest BCUT2D eigenvalue weighted by Gasteiger charge is 2.37. The van der Waals surface area contributed by atoms with Crippen molar-refractivity contribution in [2.45, 2.75) is 25.4 Å². The van der Waals surface area contributed by atoms with Crippen molar-refractivity contribution in [1.82, 2.24) is 4.90 Å². The van der Waals surface area contributed by atoms with Crippen LogP contribution in [0.2, 0.25) is 0 Å². The van der Waals surface area contributed by atoms with Crippen LogP contribution in [0.25, 0.3) is 0 Å². The first-order chi connectivity index (χ1) is 9.43. The number of nitrogens with zero attached hydrogens (tertiary/aromatic N) is 1. The summed E-state index contributed by atoms with van der Waals surface area (Å²) < 4.78 is 32.6. The van der Waals surface area contributed by atoms with E-state index in [1.165, 1.54) is 4.90 Å². The third-order valence-electron chi connectivity index (χ3n) is 3.27. The Labute approximate surface area is 125 Å². The first kappa shape index (κ1) is 15.4. The number of carbonyl (C=O) groups excluding carboxylic acids is 1. The Morgan fingerprint density at radius 1 is 1.50 bits per heavy atom. The molecule has 1 amide bonds. The summed E-state index contributed by atoms with van der Waals surface area (Å²) in [4.78, 5) is 13.5. The van der Waals surface area contributed by atoms with Gasteiger partial charge in [0.1, 0.15) is 0 Å². The highest BCUT2D eigenvalue weighted by Crippen LogP contribution is 2.28. The summed E-state index contributed by atoms with van der Waals surface area (Å²) in [5, 5.41) is 0. The van der Waals surface area contributed by atoms with Crippen molar-refractivity contribution < 1.29 is 18.3 Å². The summed E-state index contributed by atoms with van der Waals surface area (Å²) in [7, 11) is 1.56. The van der Waals surface area contributed by atoms with Gasteiger partial charge in [-0.3, -0.25) is 4.79 Å². The summed E-state index contributed by atoms with van der Waals surface area (Å²) in [6.07, 6.45) is 0.187. The number of carbonyl (C=O) groups is 1. The molecule has 1 saturated heterocycles. The van der Waals surface area contributed by atoms with Crippen molar-refractivity contribution in [3.05, 3.63) is 33.8 Å². The zero-order valence-corrected chi connectivity index (χ0v) is 12.8. The van der Waals surface area contributed by atoms with Crippen molar-refractivity contribution in [1.29, 1.82) is 0 Å². The molecule has 0 unspecified atom stereocenters. The molecule has 0 spiro atoms. The molecule has 1 fully saturated rings. The molecule has 110 valence electrons. The average Bonchev–Trinajstić information content (AvgIpc) is 2.39. The van der Waals surface area contributed by atoms with E-state index in [1.807, 2.05) is 0 Å². The van der Waals surface area contributed by atoms with Gasteiger partial charge in [-0.2, -0.15) is 0 Å². The van der Waals surface area contributed by atoms with Gasteiger partial charge in [0, 0.05) is 30.1 Å². The number of alkyl halides is 2. The zero-order chi connectivity index (χ0) is 14.8. The summed E-state index contributed by atoms with van der Waals surface area (Å²) in [6, 6.07) is 5.06. The van der Waals surface area contributed by atoms with Gasteiger partial charge >= 0.3 is 0 Å². The number of likely N-dealkylation sites (tertiary alicyclic amines) is 1. The van der Waals surface area contributed by atoms with E-state index < -0.39 is 12.5 Å². The molecule has 0 aromatic heterocycles. The Morgan fingerprint density at radius 3 is 2.90 bits per heavy atom. The van der Waals surface area contributed by atoms with Gasteiger partial charge in [0.05, 0.1) is 13.2 Å². The Morgan fingerprint density at radius 2 is 2.25 bits per heavy atom. The minimum Gasteiger partial charge on any atom is -0.380 e. The SMILES string of the molecule is COCc1cc(C(=O)N2CCCC(F)(F)C2)ccc1Br. The fourth-order valence-corrected chi connectivity index (χ4v) is 2.66. The lowest BCUT2D eigenvalue weighted by atomic mass is 10.0. The largest absolute Gasteiger partial charge is 0.380 e. The van der Waals surface area contributed by atoms with Gasteiger partial charge in [-0.15, -0.1) is 0 Å². The average molecular weight is 348 g/mol. The zero-order valence-electron chi connectivity index (χ0n) is 11.2. The first-order valence-corrected chi connectivity index (χ1v) is 7.17. The van der Waals surface area contributed by atoms with Crippen LogP contribution in [0.15, 0.2) is 22.7 Å². The van der Waals surface area contributed by atoms with Crippen LogP contribution < -0.4 is 0 Å². The van der Waals surface area contributed by atoms with E-state index in [4.69, 9.17) is 4.74 Å². The minimum atomic E-state index is -2.78. The van der Waals surface area contributed by atoms with Gasteiger partial charge < -0.3 is 9.64 Å². The molecule has 20 heavy (non-hydrogen) atoms. The Balaban J connectivity index is 2.18. The van der Waals surface area contributed by atoms with Crippen molar-refractivity contribution in [2.24, 2.45) is 0 Å². The Hall–Kier alpha value is -1.01. The molecule has 0 radical (unpaired) electrons. The van der Waals surface area contributed by atoms with Crippen LogP contribution in [0.1, 0.15) is 28.8 Å². The number of benzene rings is 1. The number of ether oxygens (including phenoxy) is 1. The summed E-state index contributed by atoms with van der Waals surface area (Å²) >= 11 is 3.37. The second kappa shape index (κ2) is 6.18. The molecule has 3 nitrogen and oxygen atoms in total. The molecule has 0 N–H and O–H groups in total. The fraction of sp³-hybridized carbons (Fsp3) is 0.500. The van der Waals surface area contributed by atoms with Gasteiger partial charge in [-0.05, 0) is 30.2 Å². The van der Waals surface area contributed by atoms with Crippen LogP contribution >= 0.6 is 15.9 Å². The summed E-state index contributed by atoms with van der Waals surface area (Å²) in [5.41, 5.74) is 1.24. The molecule has 0 aliphatic carbocycles. The third kappa shape index (κ3) is 3.55. The number of amides is 1. The standard InChI is InChI=1S/C14H16BrF2NO2/c1-20-8-11-7-10(3-4-12(11)15)13(19)18-6-2-5-14(16,17)9-18/h3-4,7H,2,5-6,8-9H2,1H3. The lowest BCUT2D eigenvalue weighted by Crippen LogP contribution is -2.45. The fourth-order valence-electron chi connectivity index (χ4n) is 2.30. The van der Waals surface area contributed by atoms with E-state index in [0.717, 1.165) is 10.0 Å². The first-order valence-electron chi connectivity index (χ1n) is 6.37. The third-order valence-corrected chi connectivity index (χ3v) is 4.05. The van der Waals surface area contributed by atoms with Gasteiger partial charge in [0.25, 0.3) is 11.8 Å². The number of methoxy groups -OCH3 is 1. The van der Waals surface area contributed by atoms with Crippen LogP contribution in [0.4, 0.5) is 8.78 Å². The van der Waals surface area contributed by atoms with E-state index in [2.05, 4.69) is 15.9 Å². The van der Waals surface area contributed by atoms with E-state index in [-0.39, 0.29) is 12.3 Å². The van der Waals surface area contributed by atoms with E-state index in [1.54, 1.807) is 25.3 Å². The highest BCUT2D eigenvalue weighted by molar-refractivity contribution is 9.10. The summed E-state index contributed by atoms with van der Waals surface area (Å²) in [5.74, 6) is -3.13. The van der Waals surface area contributed by atoms with E-state index in [0.29, 0.717) is 25.1 Å². The second-order valence-electron chi connectivity index (χ2n) is 4.93. The molecule has 0 saturated carbocycles. The number of halogens is 3. The highest BCUT2D eigenvalue weighted by atomic mass is 79.9. The minimum absolute atomic E-state index is 0.147. The maximum atomic E-state index is 13.4. The predicted octanol–water partition coefficient (Wildman–Crippen LogP) is 3.47. The predicted molar refractivity (Wildman–Crippen MR) is 74.9 cm³/mol. The van der Waals surface area contributed by atoms with Crippen molar-refractivity contribution in [3.8, 4) is 0 Å². The van der Waals surface area contributed by atoms with Gasteiger partial charge in [0.15, 0.2) is 0 Å². The van der Waals surface area contributed by atoms with Crippen LogP contribution in [-0.2, 0) is 11.3 Å². The number of hydrogen-bond acceptors (Lipinski definition) is 2. The number of hydrogen-bond donors (Lipinski definition) is 0. The van der Waals surface area contributed by atoms with Crippen LogP contribution in [-0.4, -0.2) is 36.9 Å². The maximum Gasteiger partial charge on any atom is 0.265 e.